The van der Waals surface area contributed by atoms with E-state index in [1.54, 1.807) is 7.11 Å². The number of ether oxygens (including phenoxy) is 1. The van der Waals surface area contributed by atoms with Gasteiger partial charge in [0.25, 0.3) is 0 Å². The standard InChI is InChI=1S/C16H24ClNO2S/c1-20-13(14-8-9-15(17)21-14)11-18-16(19)10-7-12-5-3-2-4-6-12/h8-9,12-13H,2-7,10-11H2,1H3,(H,18,19). The second-order valence-electron chi connectivity index (χ2n) is 5.71. The zero-order chi connectivity index (χ0) is 15.1. The van der Waals surface area contributed by atoms with Crippen molar-refractivity contribution in [2.24, 2.45) is 5.92 Å². The van der Waals surface area contributed by atoms with E-state index < -0.39 is 0 Å². The number of thiophene rings is 1. The molecule has 1 unspecified atom stereocenters. The van der Waals surface area contributed by atoms with Crippen molar-refractivity contribution in [3.05, 3.63) is 21.3 Å². The second kappa shape index (κ2) is 8.76. The largest absolute Gasteiger partial charge is 0.374 e. The summed E-state index contributed by atoms with van der Waals surface area (Å²) in [5.41, 5.74) is 0. The predicted molar refractivity (Wildman–Crippen MR) is 87.9 cm³/mol. The molecule has 0 aliphatic heterocycles. The van der Waals surface area contributed by atoms with Crippen molar-refractivity contribution in [1.29, 1.82) is 0 Å². The lowest BCUT2D eigenvalue weighted by Crippen LogP contribution is -2.29. The molecule has 1 heterocycles. The minimum Gasteiger partial charge on any atom is -0.374 e. The summed E-state index contributed by atoms with van der Waals surface area (Å²) in [4.78, 5) is 13.0. The van der Waals surface area contributed by atoms with Gasteiger partial charge in [-0.15, -0.1) is 11.3 Å². The van der Waals surface area contributed by atoms with Gasteiger partial charge in [-0.3, -0.25) is 4.79 Å². The van der Waals surface area contributed by atoms with Crippen LogP contribution >= 0.6 is 22.9 Å². The minimum atomic E-state index is -0.110. The summed E-state index contributed by atoms with van der Waals surface area (Å²) in [6.45, 7) is 0.511. The molecule has 1 aliphatic carbocycles. The van der Waals surface area contributed by atoms with Gasteiger partial charge in [0.15, 0.2) is 0 Å². The SMILES string of the molecule is COC(CNC(=O)CCC1CCCCC1)c1ccc(Cl)s1. The van der Waals surface area contributed by atoms with Crippen LogP contribution in [0, 0.1) is 5.92 Å². The van der Waals surface area contributed by atoms with Crippen molar-refractivity contribution < 1.29 is 9.53 Å². The third-order valence-corrected chi connectivity index (χ3v) is 5.51. The van der Waals surface area contributed by atoms with Gasteiger partial charge in [-0.05, 0) is 24.5 Å². The van der Waals surface area contributed by atoms with E-state index in [0.29, 0.717) is 13.0 Å². The molecule has 2 rings (SSSR count). The van der Waals surface area contributed by atoms with E-state index in [9.17, 15) is 4.79 Å². The molecule has 1 aromatic heterocycles. The molecule has 1 saturated carbocycles. The number of hydrogen-bond donors (Lipinski definition) is 1. The lowest BCUT2D eigenvalue weighted by molar-refractivity contribution is -0.122. The Hall–Kier alpha value is -0.580. The molecule has 0 aromatic carbocycles. The normalized spacial score (nSPS) is 17.6. The lowest BCUT2D eigenvalue weighted by atomic mass is 9.86. The summed E-state index contributed by atoms with van der Waals surface area (Å²) >= 11 is 7.43. The van der Waals surface area contributed by atoms with E-state index in [-0.39, 0.29) is 12.0 Å². The van der Waals surface area contributed by atoms with Crippen LogP contribution in [0.15, 0.2) is 12.1 Å². The van der Waals surface area contributed by atoms with Crippen LogP contribution in [0.4, 0.5) is 0 Å². The smallest absolute Gasteiger partial charge is 0.220 e. The molecule has 0 bridgehead atoms. The predicted octanol–water partition coefficient (Wildman–Crippen LogP) is 4.57. The number of carbonyl (C=O) groups excluding carboxylic acids is 1. The van der Waals surface area contributed by atoms with Crippen LogP contribution in [-0.2, 0) is 9.53 Å². The fourth-order valence-electron chi connectivity index (χ4n) is 2.91. The zero-order valence-corrected chi connectivity index (χ0v) is 14.1. The van der Waals surface area contributed by atoms with Crippen molar-refractivity contribution in [2.75, 3.05) is 13.7 Å². The molecule has 5 heteroatoms. The highest BCUT2D eigenvalue weighted by atomic mass is 35.5. The van der Waals surface area contributed by atoms with E-state index in [4.69, 9.17) is 16.3 Å². The minimum absolute atomic E-state index is 0.110. The highest BCUT2D eigenvalue weighted by molar-refractivity contribution is 7.16. The van der Waals surface area contributed by atoms with Gasteiger partial charge in [0, 0.05) is 25.0 Å². The van der Waals surface area contributed by atoms with Gasteiger partial charge in [-0.1, -0.05) is 43.7 Å². The molecule has 21 heavy (non-hydrogen) atoms. The fraction of sp³-hybridized carbons (Fsp3) is 0.688. The molecule has 1 N–H and O–H groups in total. The van der Waals surface area contributed by atoms with Crippen LogP contribution in [0.2, 0.25) is 4.34 Å². The number of nitrogens with one attached hydrogen (secondary N) is 1. The highest BCUT2D eigenvalue weighted by Gasteiger charge is 2.17. The summed E-state index contributed by atoms with van der Waals surface area (Å²) in [6, 6.07) is 3.81. The second-order valence-corrected chi connectivity index (χ2v) is 7.46. The monoisotopic (exact) mass is 329 g/mol. The Bertz CT molecular complexity index is 443. The van der Waals surface area contributed by atoms with Crippen molar-refractivity contribution in [2.45, 2.75) is 51.0 Å². The molecular formula is C16H24ClNO2S. The lowest BCUT2D eigenvalue weighted by Gasteiger charge is -2.21. The van der Waals surface area contributed by atoms with Crippen LogP contribution in [0.3, 0.4) is 0 Å². The summed E-state index contributed by atoms with van der Waals surface area (Å²) in [6.07, 6.45) is 8.15. The van der Waals surface area contributed by atoms with Gasteiger partial charge in [-0.25, -0.2) is 0 Å². The van der Waals surface area contributed by atoms with Crippen molar-refractivity contribution in [1.82, 2.24) is 5.32 Å². The summed E-state index contributed by atoms with van der Waals surface area (Å²) in [5, 5.41) is 2.98. The number of methoxy groups -OCH3 is 1. The summed E-state index contributed by atoms with van der Waals surface area (Å²) in [5.74, 6) is 0.879. The maximum atomic E-state index is 12.0. The quantitative estimate of drug-likeness (QED) is 0.796. The van der Waals surface area contributed by atoms with Crippen molar-refractivity contribution >= 4 is 28.8 Å². The molecule has 1 aliphatic rings. The van der Waals surface area contributed by atoms with E-state index in [2.05, 4.69) is 5.32 Å². The number of carbonyl (C=O) groups is 1. The first-order valence-corrected chi connectivity index (χ1v) is 8.93. The first-order chi connectivity index (χ1) is 10.2. The Morgan fingerprint density at radius 1 is 1.43 bits per heavy atom. The third-order valence-electron chi connectivity index (χ3n) is 4.18. The Labute approximate surface area is 136 Å². The summed E-state index contributed by atoms with van der Waals surface area (Å²) < 4.78 is 6.18. The highest BCUT2D eigenvalue weighted by Crippen LogP contribution is 2.29. The van der Waals surface area contributed by atoms with Crippen molar-refractivity contribution in [3.8, 4) is 0 Å². The number of hydrogen-bond acceptors (Lipinski definition) is 3. The number of rotatable bonds is 7. The topological polar surface area (TPSA) is 38.3 Å². The van der Waals surface area contributed by atoms with Crippen LogP contribution < -0.4 is 5.32 Å². The Morgan fingerprint density at radius 3 is 2.81 bits per heavy atom. The molecule has 1 amide bonds. The molecule has 0 spiro atoms. The average molecular weight is 330 g/mol. The first-order valence-electron chi connectivity index (χ1n) is 7.73. The number of amides is 1. The fourth-order valence-corrected chi connectivity index (χ4v) is 4.05. The van der Waals surface area contributed by atoms with E-state index in [0.717, 1.165) is 21.6 Å². The molecular weight excluding hydrogens is 306 g/mol. The van der Waals surface area contributed by atoms with Crippen LogP contribution in [0.5, 0.6) is 0 Å². The molecule has 3 nitrogen and oxygen atoms in total. The van der Waals surface area contributed by atoms with Crippen LogP contribution in [0.1, 0.15) is 55.9 Å². The van der Waals surface area contributed by atoms with Crippen molar-refractivity contribution in [3.63, 3.8) is 0 Å². The van der Waals surface area contributed by atoms with E-state index in [1.165, 1.54) is 43.4 Å². The molecule has 1 atom stereocenters. The zero-order valence-electron chi connectivity index (χ0n) is 12.6. The van der Waals surface area contributed by atoms with Gasteiger partial charge in [0.2, 0.25) is 5.91 Å². The molecule has 1 fully saturated rings. The van der Waals surface area contributed by atoms with Gasteiger partial charge in [-0.2, -0.15) is 0 Å². The van der Waals surface area contributed by atoms with Gasteiger partial charge >= 0.3 is 0 Å². The Morgan fingerprint density at radius 2 is 2.19 bits per heavy atom. The maximum Gasteiger partial charge on any atom is 0.220 e. The summed E-state index contributed by atoms with van der Waals surface area (Å²) in [7, 11) is 1.66. The average Bonchev–Trinajstić information content (AvgIpc) is 2.93. The number of halogens is 1. The molecule has 0 saturated heterocycles. The van der Waals surface area contributed by atoms with Gasteiger partial charge < -0.3 is 10.1 Å². The maximum absolute atomic E-state index is 12.0. The van der Waals surface area contributed by atoms with E-state index in [1.807, 2.05) is 12.1 Å². The van der Waals surface area contributed by atoms with E-state index >= 15 is 0 Å². The van der Waals surface area contributed by atoms with Crippen LogP contribution in [-0.4, -0.2) is 19.6 Å². The third kappa shape index (κ3) is 5.61. The Kier molecular flexibility index (Phi) is 7.00. The first kappa shape index (κ1) is 16.8. The van der Waals surface area contributed by atoms with Gasteiger partial charge in [0.05, 0.1) is 4.34 Å². The molecule has 118 valence electrons. The Balaban J connectivity index is 1.69. The van der Waals surface area contributed by atoms with Gasteiger partial charge in [0.1, 0.15) is 6.10 Å². The van der Waals surface area contributed by atoms with Crippen LogP contribution in [0.25, 0.3) is 0 Å². The molecule has 1 aromatic rings. The molecule has 0 radical (unpaired) electrons.